The second kappa shape index (κ2) is 7.61. The molecule has 28 heavy (non-hydrogen) atoms. The Morgan fingerprint density at radius 1 is 1.21 bits per heavy atom. The fourth-order valence-corrected chi connectivity index (χ4v) is 2.88. The summed E-state index contributed by atoms with van der Waals surface area (Å²) in [6.45, 7) is 8.89. The van der Waals surface area contributed by atoms with E-state index in [9.17, 15) is 14.0 Å². The maximum absolute atomic E-state index is 14.6. The van der Waals surface area contributed by atoms with Gasteiger partial charge in [-0.2, -0.15) is 5.10 Å². The number of nitrogens with zero attached hydrogens (tertiary/aromatic N) is 5. The Labute approximate surface area is 162 Å². The number of halogens is 1. The Balaban J connectivity index is 1.77. The maximum Gasteiger partial charge on any atom is 0.410 e. The zero-order valence-electron chi connectivity index (χ0n) is 16.4. The smallest absolute Gasteiger partial charge is 0.410 e. The maximum atomic E-state index is 14.6. The second-order valence-electron chi connectivity index (χ2n) is 7.41. The lowest BCUT2D eigenvalue weighted by molar-refractivity contribution is 0.0240. The van der Waals surface area contributed by atoms with Crippen molar-refractivity contribution in [3.05, 3.63) is 23.8 Å². The number of anilines is 1. The molecule has 1 fully saturated rings. The van der Waals surface area contributed by atoms with Crippen LogP contribution < -0.4 is 4.90 Å². The number of rotatable bonds is 3. The summed E-state index contributed by atoms with van der Waals surface area (Å²) in [5.74, 6) is -1.00. The molecule has 2 aromatic rings. The molecule has 0 unspecified atom stereocenters. The van der Waals surface area contributed by atoms with Crippen LogP contribution in [0.1, 0.15) is 38.1 Å². The van der Waals surface area contributed by atoms with E-state index >= 15 is 0 Å². The number of carbonyl (C=O) groups excluding carboxylic acids is 2. The van der Waals surface area contributed by atoms with Crippen LogP contribution in [0.3, 0.4) is 0 Å². The zero-order valence-corrected chi connectivity index (χ0v) is 16.4. The first-order valence-electron chi connectivity index (χ1n) is 9.13. The average Bonchev–Trinajstić information content (AvgIpc) is 3.02. The molecule has 152 valence electrons. The van der Waals surface area contributed by atoms with Crippen LogP contribution in [0.4, 0.5) is 15.0 Å². The molecule has 0 radical (unpaired) electrons. The van der Waals surface area contributed by atoms with Crippen LogP contribution in [0.2, 0.25) is 0 Å². The molecule has 10 heteroatoms. The Hall–Kier alpha value is -2.91. The van der Waals surface area contributed by atoms with E-state index in [0.717, 1.165) is 0 Å². The van der Waals surface area contributed by atoms with Gasteiger partial charge in [-0.1, -0.05) is 0 Å². The number of amides is 1. The van der Waals surface area contributed by atoms with Crippen LogP contribution >= 0.6 is 0 Å². The molecule has 0 aromatic carbocycles. The van der Waals surface area contributed by atoms with Crippen molar-refractivity contribution < 1.29 is 23.5 Å². The highest BCUT2D eigenvalue weighted by Gasteiger charge is 2.28. The number of hydrogen-bond donors (Lipinski definition) is 0. The van der Waals surface area contributed by atoms with Crippen LogP contribution in [0.15, 0.2) is 12.4 Å². The van der Waals surface area contributed by atoms with Gasteiger partial charge in [0.25, 0.3) is 0 Å². The van der Waals surface area contributed by atoms with E-state index in [4.69, 9.17) is 9.47 Å². The Bertz CT molecular complexity index is 884. The van der Waals surface area contributed by atoms with Gasteiger partial charge in [0.1, 0.15) is 11.2 Å². The summed E-state index contributed by atoms with van der Waals surface area (Å²) in [5, 5.41) is 3.96. The molecule has 1 amide bonds. The highest BCUT2D eigenvalue weighted by molar-refractivity contribution is 5.95. The van der Waals surface area contributed by atoms with Crippen molar-refractivity contribution in [3.63, 3.8) is 0 Å². The summed E-state index contributed by atoms with van der Waals surface area (Å²) in [7, 11) is 0. The van der Waals surface area contributed by atoms with Crippen LogP contribution in [0, 0.1) is 5.82 Å². The van der Waals surface area contributed by atoms with Gasteiger partial charge in [-0.3, -0.25) is 0 Å². The van der Waals surface area contributed by atoms with Gasteiger partial charge in [0.05, 0.1) is 19.0 Å². The minimum Gasteiger partial charge on any atom is -0.462 e. The number of aromatic nitrogens is 3. The van der Waals surface area contributed by atoms with Crippen molar-refractivity contribution in [2.45, 2.75) is 33.3 Å². The zero-order chi connectivity index (χ0) is 20.5. The Kier molecular flexibility index (Phi) is 5.39. The predicted octanol–water partition coefficient (Wildman–Crippen LogP) is 2.10. The molecule has 1 saturated heterocycles. The third-order valence-corrected chi connectivity index (χ3v) is 4.16. The van der Waals surface area contributed by atoms with Crippen molar-refractivity contribution in [2.24, 2.45) is 0 Å². The highest BCUT2D eigenvalue weighted by atomic mass is 19.1. The summed E-state index contributed by atoms with van der Waals surface area (Å²) < 4.78 is 26.1. The third kappa shape index (κ3) is 4.15. The van der Waals surface area contributed by atoms with E-state index in [2.05, 4.69) is 10.1 Å². The van der Waals surface area contributed by atoms with Crippen molar-refractivity contribution in [1.82, 2.24) is 19.5 Å². The van der Waals surface area contributed by atoms with Crippen molar-refractivity contribution in [1.29, 1.82) is 0 Å². The Morgan fingerprint density at radius 3 is 2.50 bits per heavy atom. The van der Waals surface area contributed by atoms with Gasteiger partial charge in [-0.15, -0.1) is 0 Å². The quantitative estimate of drug-likeness (QED) is 0.738. The first kappa shape index (κ1) is 19.8. The third-order valence-electron chi connectivity index (χ3n) is 4.16. The van der Waals surface area contributed by atoms with Gasteiger partial charge in [0.2, 0.25) is 0 Å². The molecule has 0 atom stereocenters. The summed E-state index contributed by atoms with van der Waals surface area (Å²) in [6, 6.07) is 0. The van der Waals surface area contributed by atoms with Crippen LogP contribution in [0.25, 0.3) is 5.65 Å². The fourth-order valence-electron chi connectivity index (χ4n) is 2.88. The largest absolute Gasteiger partial charge is 0.462 e. The van der Waals surface area contributed by atoms with E-state index < -0.39 is 23.5 Å². The van der Waals surface area contributed by atoms with E-state index in [1.165, 1.54) is 16.9 Å². The minimum absolute atomic E-state index is 0.113. The number of piperazine rings is 1. The summed E-state index contributed by atoms with van der Waals surface area (Å²) >= 11 is 0. The SMILES string of the molecule is CCOC(=O)c1cnn2cc(F)c(N3CCN(C(=O)OC(C)(C)C)CC3)nc12. The predicted molar refractivity (Wildman–Crippen MR) is 98.9 cm³/mol. The summed E-state index contributed by atoms with van der Waals surface area (Å²) in [6.07, 6.45) is 2.10. The van der Waals surface area contributed by atoms with Crippen molar-refractivity contribution >= 4 is 23.5 Å². The standard InChI is InChI=1S/C18H24FN5O4/c1-5-27-16(25)12-10-20-24-11-13(19)15(21-14(12)24)22-6-8-23(9-7-22)17(26)28-18(2,3)4/h10-11H,5-9H2,1-4H3. The highest BCUT2D eigenvalue weighted by Crippen LogP contribution is 2.22. The molecular weight excluding hydrogens is 369 g/mol. The van der Waals surface area contributed by atoms with Gasteiger partial charge < -0.3 is 19.3 Å². The van der Waals surface area contributed by atoms with E-state index in [0.29, 0.717) is 26.2 Å². The number of fused-ring (bicyclic) bond motifs is 1. The van der Waals surface area contributed by atoms with Gasteiger partial charge >= 0.3 is 12.1 Å². The number of hydrogen-bond acceptors (Lipinski definition) is 7. The summed E-state index contributed by atoms with van der Waals surface area (Å²) in [4.78, 5) is 31.8. The molecule has 1 aliphatic heterocycles. The topological polar surface area (TPSA) is 89.3 Å². The average molecular weight is 393 g/mol. The lowest BCUT2D eigenvalue weighted by Crippen LogP contribution is -2.50. The molecule has 0 aliphatic carbocycles. The number of esters is 1. The second-order valence-corrected chi connectivity index (χ2v) is 7.41. The van der Waals surface area contributed by atoms with E-state index in [1.54, 1.807) is 16.7 Å². The molecule has 0 N–H and O–H groups in total. The number of ether oxygens (including phenoxy) is 2. The van der Waals surface area contributed by atoms with E-state index in [1.807, 2.05) is 20.8 Å². The first-order valence-corrected chi connectivity index (χ1v) is 9.13. The lowest BCUT2D eigenvalue weighted by Gasteiger charge is -2.36. The molecule has 1 aliphatic rings. The minimum atomic E-state index is -0.571. The van der Waals surface area contributed by atoms with Crippen molar-refractivity contribution in [2.75, 3.05) is 37.7 Å². The van der Waals surface area contributed by atoms with Crippen LogP contribution in [-0.4, -0.2) is 69.9 Å². The molecule has 0 spiro atoms. The first-order chi connectivity index (χ1) is 13.2. The van der Waals surface area contributed by atoms with Gasteiger partial charge in [0, 0.05) is 26.2 Å². The van der Waals surface area contributed by atoms with Crippen molar-refractivity contribution in [3.8, 4) is 0 Å². The monoisotopic (exact) mass is 393 g/mol. The number of carbonyl (C=O) groups is 2. The van der Waals surface area contributed by atoms with Gasteiger partial charge in [-0.25, -0.2) is 23.5 Å². The molecule has 9 nitrogen and oxygen atoms in total. The van der Waals surface area contributed by atoms with Gasteiger partial charge in [-0.05, 0) is 27.7 Å². The molecule has 0 saturated carbocycles. The lowest BCUT2D eigenvalue weighted by atomic mass is 10.2. The summed E-state index contributed by atoms with van der Waals surface area (Å²) in [5.41, 5.74) is -0.168. The molecule has 0 bridgehead atoms. The molecule has 3 heterocycles. The van der Waals surface area contributed by atoms with Gasteiger partial charge in [0.15, 0.2) is 17.3 Å². The van der Waals surface area contributed by atoms with Crippen LogP contribution in [-0.2, 0) is 9.47 Å². The molecular formula is C18H24FN5O4. The molecule has 2 aromatic heterocycles. The van der Waals surface area contributed by atoms with E-state index in [-0.39, 0.29) is 23.6 Å². The van der Waals surface area contributed by atoms with Crippen LogP contribution in [0.5, 0.6) is 0 Å². The fraction of sp³-hybridized carbons (Fsp3) is 0.556. The Morgan fingerprint density at radius 2 is 1.89 bits per heavy atom. The molecule has 3 rings (SSSR count). The normalized spacial score (nSPS) is 15.0.